The third kappa shape index (κ3) is 0.605. The summed E-state index contributed by atoms with van der Waals surface area (Å²) in [5, 5.41) is 1.27. The van der Waals surface area contributed by atoms with Gasteiger partial charge in [0.15, 0.2) is 0 Å². The van der Waals surface area contributed by atoms with Crippen LogP contribution in [0.25, 0.3) is 0 Å². The fraction of sp³-hybridized carbons (Fsp3) is 0.250. The van der Waals surface area contributed by atoms with E-state index < -0.39 is 0 Å². The van der Waals surface area contributed by atoms with Crippen molar-refractivity contribution >= 4 is 8.19 Å². The van der Waals surface area contributed by atoms with Gasteiger partial charge in [0, 0.05) is 5.30 Å². The summed E-state index contributed by atoms with van der Waals surface area (Å²) in [5.41, 5.74) is 0. The molecular formula is C4H5OP. The van der Waals surface area contributed by atoms with Crippen LogP contribution < -0.4 is 0 Å². The Morgan fingerprint density at radius 3 is 2.83 bits per heavy atom. The van der Waals surface area contributed by atoms with Crippen LogP contribution in [0.2, 0.25) is 0 Å². The van der Waals surface area contributed by atoms with Crippen LogP contribution in [0.3, 0.4) is 0 Å². The predicted molar refractivity (Wildman–Crippen MR) is 26.0 cm³/mol. The Morgan fingerprint density at radius 1 is 1.83 bits per heavy atom. The van der Waals surface area contributed by atoms with Gasteiger partial charge in [-0.25, -0.2) is 0 Å². The molecule has 1 heterocycles. The highest BCUT2D eigenvalue weighted by Gasteiger charge is 1.77. The zero-order valence-corrected chi connectivity index (χ0v) is 4.40. The monoisotopic (exact) mass is 100 g/mol. The zero-order valence-electron chi connectivity index (χ0n) is 3.51. The second kappa shape index (κ2) is 1.44. The number of rotatable bonds is 0. The molecule has 32 valence electrons. The van der Waals surface area contributed by atoms with Crippen molar-refractivity contribution < 1.29 is 4.42 Å². The van der Waals surface area contributed by atoms with Crippen LogP contribution in [0, 0.1) is 6.92 Å². The highest BCUT2D eigenvalue weighted by atomic mass is 31.0. The SMILES string of the molecule is Cc1cocp1. The standard InChI is InChI=1S/C4H5OP/c1-4-2-5-3-6-4/h2-3H,1H3. The second-order valence-corrected chi connectivity index (χ2v) is 2.30. The largest absolute Gasteiger partial charge is 0.467 e. The number of hydrogen-bond acceptors (Lipinski definition) is 1. The highest BCUT2D eigenvalue weighted by molar-refractivity contribution is 7.29. The molecule has 0 unspecified atom stereocenters. The van der Waals surface area contributed by atoms with E-state index in [0.717, 1.165) is 0 Å². The van der Waals surface area contributed by atoms with E-state index in [4.69, 9.17) is 4.42 Å². The van der Waals surface area contributed by atoms with Crippen LogP contribution in [0.1, 0.15) is 5.30 Å². The van der Waals surface area contributed by atoms with Crippen LogP contribution >= 0.6 is 8.19 Å². The van der Waals surface area contributed by atoms with E-state index in [1.165, 1.54) is 13.5 Å². The fourth-order valence-corrected chi connectivity index (χ4v) is 0.683. The molecular weight excluding hydrogens is 95.0 g/mol. The third-order valence-electron chi connectivity index (χ3n) is 0.556. The molecule has 0 bridgehead atoms. The van der Waals surface area contributed by atoms with Crippen molar-refractivity contribution in [1.29, 1.82) is 0 Å². The minimum absolute atomic E-state index is 1.20. The van der Waals surface area contributed by atoms with Gasteiger partial charge in [0.1, 0.15) is 5.99 Å². The Balaban J connectivity index is 3.05. The van der Waals surface area contributed by atoms with E-state index in [1.54, 1.807) is 12.3 Å². The Hall–Kier alpha value is -0.290. The van der Waals surface area contributed by atoms with Gasteiger partial charge in [-0.1, -0.05) is 0 Å². The fourth-order valence-electron chi connectivity index (χ4n) is 0.273. The average molecular weight is 100 g/mol. The first kappa shape index (κ1) is 3.89. The lowest BCUT2D eigenvalue weighted by molar-refractivity contribution is 0.570. The van der Waals surface area contributed by atoms with Gasteiger partial charge in [-0.3, -0.25) is 0 Å². The number of hydrogen-bond donors (Lipinski definition) is 0. The van der Waals surface area contributed by atoms with Crippen molar-refractivity contribution in [2.24, 2.45) is 0 Å². The molecule has 0 amide bonds. The minimum Gasteiger partial charge on any atom is -0.467 e. The number of aryl methyl sites for hydroxylation is 1. The molecule has 0 aliphatic heterocycles. The maximum absolute atomic E-state index is 4.76. The smallest absolute Gasteiger partial charge is 0.117 e. The molecule has 6 heavy (non-hydrogen) atoms. The van der Waals surface area contributed by atoms with E-state index >= 15 is 0 Å². The van der Waals surface area contributed by atoms with Crippen molar-refractivity contribution in [2.75, 3.05) is 0 Å². The van der Waals surface area contributed by atoms with Crippen molar-refractivity contribution in [3.8, 4) is 0 Å². The van der Waals surface area contributed by atoms with E-state index in [2.05, 4.69) is 0 Å². The van der Waals surface area contributed by atoms with Gasteiger partial charge in [-0.05, 0) is 15.1 Å². The summed E-state index contributed by atoms with van der Waals surface area (Å²) in [4.78, 5) is 0. The summed E-state index contributed by atoms with van der Waals surface area (Å²) < 4.78 is 4.76. The van der Waals surface area contributed by atoms with Gasteiger partial charge in [-0.15, -0.1) is 0 Å². The van der Waals surface area contributed by atoms with Gasteiger partial charge in [0.2, 0.25) is 0 Å². The molecule has 0 spiro atoms. The lowest BCUT2D eigenvalue weighted by Gasteiger charge is -1.62. The van der Waals surface area contributed by atoms with Gasteiger partial charge in [-0.2, -0.15) is 0 Å². The third-order valence-corrected chi connectivity index (χ3v) is 1.30. The molecule has 1 aromatic heterocycles. The van der Waals surface area contributed by atoms with Gasteiger partial charge >= 0.3 is 0 Å². The molecule has 0 radical (unpaired) electrons. The first-order valence-corrected chi connectivity index (χ1v) is 2.71. The molecule has 0 N–H and O–H groups in total. The van der Waals surface area contributed by atoms with Crippen LogP contribution in [0.4, 0.5) is 0 Å². The molecule has 1 nitrogen and oxygen atoms in total. The average Bonchev–Trinajstić information content (AvgIpc) is 1.86. The maximum atomic E-state index is 4.76. The van der Waals surface area contributed by atoms with Crippen molar-refractivity contribution in [2.45, 2.75) is 6.92 Å². The molecule has 1 rings (SSSR count). The summed E-state index contributed by atoms with van der Waals surface area (Å²) in [6.45, 7) is 2.03. The van der Waals surface area contributed by atoms with Gasteiger partial charge < -0.3 is 4.42 Å². The molecule has 0 aliphatic rings. The summed E-state index contributed by atoms with van der Waals surface area (Å²) in [7, 11) is 1.20. The summed E-state index contributed by atoms with van der Waals surface area (Å²) in [5.74, 6) is 1.76. The lowest BCUT2D eigenvalue weighted by Crippen LogP contribution is -1.41. The quantitative estimate of drug-likeness (QED) is 0.487. The first-order chi connectivity index (χ1) is 2.89. The Labute approximate surface area is 38.1 Å². The molecule has 0 atom stereocenters. The second-order valence-electron chi connectivity index (χ2n) is 1.13. The van der Waals surface area contributed by atoms with Crippen LogP contribution in [0.15, 0.2) is 16.7 Å². The summed E-state index contributed by atoms with van der Waals surface area (Å²) in [6.07, 6.45) is 1.75. The summed E-state index contributed by atoms with van der Waals surface area (Å²) >= 11 is 0. The molecule has 0 saturated carbocycles. The molecule has 0 aromatic carbocycles. The van der Waals surface area contributed by atoms with Gasteiger partial charge in [0.05, 0.1) is 6.26 Å². The van der Waals surface area contributed by atoms with Crippen molar-refractivity contribution in [3.63, 3.8) is 0 Å². The Bertz CT molecular complexity index is 111. The molecule has 0 fully saturated rings. The minimum atomic E-state index is 1.20. The lowest BCUT2D eigenvalue weighted by atomic mass is 10.7. The first-order valence-electron chi connectivity index (χ1n) is 1.74. The van der Waals surface area contributed by atoms with Crippen molar-refractivity contribution in [3.05, 3.63) is 17.6 Å². The normalized spacial score (nSPS) is 10.2. The maximum Gasteiger partial charge on any atom is 0.117 e. The Kier molecular flexibility index (Phi) is 0.932. The molecule has 2 heteroatoms. The van der Waals surface area contributed by atoms with E-state index in [1.807, 2.05) is 6.92 Å². The topological polar surface area (TPSA) is 13.1 Å². The van der Waals surface area contributed by atoms with Crippen LogP contribution in [-0.4, -0.2) is 0 Å². The van der Waals surface area contributed by atoms with E-state index in [0.29, 0.717) is 0 Å². The molecule has 0 aliphatic carbocycles. The summed E-state index contributed by atoms with van der Waals surface area (Å²) in [6, 6.07) is 0. The van der Waals surface area contributed by atoms with Gasteiger partial charge in [0.25, 0.3) is 0 Å². The highest BCUT2D eigenvalue weighted by Crippen LogP contribution is 2.10. The molecule has 1 aromatic rings. The predicted octanol–water partition coefficient (Wildman–Crippen LogP) is 2.17. The zero-order chi connectivity index (χ0) is 4.41. The van der Waals surface area contributed by atoms with Crippen LogP contribution in [-0.2, 0) is 0 Å². The Morgan fingerprint density at radius 2 is 2.67 bits per heavy atom. The van der Waals surface area contributed by atoms with Crippen molar-refractivity contribution in [1.82, 2.24) is 0 Å². The molecule has 0 saturated heterocycles. The van der Waals surface area contributed by atoms with E-state index in [9.17, 15) is 0 Å². The van der Waals surface area contributed by atoms with Crippen LogP contribution in [0.5, 0.6) is 0 Å². The van der Waals surface area contributed by atoms with E-state index in [-0.39, 0.29) is 0 Å².